The van der Waals surface area contributed by atoms with Crippen LogP contribution in [0, 0.1) is 0 Å². The molecule has 1 unspecified atom stereocenters. The average molecular weight is 361 g/mol. The summed E-state index contributed by atoms with van der Waals surface area (Å²) in [5.74, 6) is 0.517. The molecule has 0 saturated carbocycles. The van der Waals surface area contributed by atoms with Crippen LogP contribution in [0.15, 0.2) is 36.5 Å². The van der Waals surface area contributed by atoms with Gasteiger partial charge in [0, 0.05) is 18.3 Å². The van der Waals surface area contributed by atoms with E-state index in [9.17, 15) is 4.79 Å². The van der Waals surface area contributed by atoms with Crippen molar-refractivity contribution in [3.05, 3.63) is 52.7 Å². The van der Waals surface area contributed by atoms with Crippen LogP contribution in [0.25, 0.3) is 0 Å². The number of rotatable bonds is 5. The van der Waals surface area contributed by atoms with Crippen molar-refractivity contribution in [3.8, 4) is 5.88 Å². The molecule has 2 aromatic rings. The van der Waals surface area contributed by atoms with E-state index in [0.717, 1.165) is 12.1 Å². The van der Waals surface area contributed by atoms with Gasteiger partial charge in [-0.05, 0) is 29.7 Å². The number of carbonyl (C=O) groups is 1. The van der Waals surface area contributed by atoms with Crippen LogP contribution in [0.2, 0.25) is 5.02 Å². The third-order valence-corrected chi connectivity index (χ3v) is 4.34. The van der Waals surface area contributed by atoms with E-state index in [2.05, 4.69) is 24.1 Å². The van der Waals surface area contributed by atoms with E-state index in [0.29, 0.717) is 35.6 Å². The van der Waals surface area contributed by atoms with Crippen LogP contribution < -0.4 is 10.1 Å². The second kappa shape index (κ2) is 7.85. The van der Waals surface area contributed by atoms with Gasteiger partial charge in [-0.15, -0.1) is 0 Å². The summed E-state index contributed by atoms with van der Waals surface area (Å²) in [6.07, 6.45) is 2.24. The Balaban J connectivity index is 1.66. The summed E-state index contributed by atoms with van der Waals surface area (Å²) in [7, 11) is 0. The standard InChI is InChI=1S/C19H21ClN2O3/c1-12(2)13-3-5-15(6-4-13)22-18(23)14-9-17(20)19(21-10-14)25-16-7-8-24-11-16/h3-6,9-10,12,16H,7-8,11H2,1-2H3,(H,22,23). The van der Waals surface area contributed by atoms with E-state index < -0.39 is 0 Å². The molecule has 6 heteroatoms. The van der Waals surface area contributed by atoms with Crippen LogP contribution in [0.3, 0.4) is 0 Å². The Morgan fingerprint density at radius 2 is 2.12 bits per heavy atom. The molecular formula is C19H21ClN2O3. The molecule has 3 rings (SSSR count). The first-order chi connectivity index (χ1) is 12.0. The van der Waals surface area contributed by atoms with Crippen LogP contribution in [0.5, 0.6) is 5.88 Å². The first-order valence-electron chi connectivity index (χ1n) is 8.34. The molecule has 1 aromatic carbocycles. The fourth-order valence-electron chi connectivity index (χ4n) is 2.55. The lowest BCUT2D eigenvalue weighted by Crippen LogP contribution is -2.17. The number of amides is 1. The van der Waals surface area contributed by atoms with Gasteiger partial charge >= 0.3 is 0 Å². The SMILES string of the molecule is CC(C)c1ccc(NC(=O)c2cnc(OC3CCOC3)c(Cl)c2)cc1. The number of nitrogens with one attached hydrogen (secondary N) is 1. The van der Waals surface area contributed by atoms with Crippen molar-refractivity contribution in [1.29, 1.82) is 0 Å². The third kappa shape index (κ3) is 4.50. The summed E-state index contributed by atoms with van der Waals surface area (Å²) < 4.78 is 11.0. The lowest BCUT2D eigenvalue weighted by Gasteiger charge is -2.13. The van der Waals surface area contributed by atoms with Gasteiger partial charge in [-0.1, -0.05) is 37.6 Å². The Kier molecular flexibility index (Phi) is 5.56. The Bertz CT molecular complexity index is 741. The van der Waals surface area contributed by atoms with Gasteiger partial charge < -0.3 is 14.8 Å². The first kappa shape index (κ1) is 17.7. The number of nitrogens with zero attached hydrogens (tertiary/aromatic N) is 1. The smallest absolute Gasteiger partial charge is 0.257 e. The van der Waals surface area contributed by atoms with Crippen molar-refractivity contribution >= 4 is 23.2 Å². The Morgan fingerprint density at radius 3 is 2.72 bits per heavy atom. The minimum Gasteiger partial charge on any atom is -0.471 e. The molecule has 1 amide bonds. The molecule has 1 aliphatic rings. The molecule has 1 aliphatic heterocycles. The fraction of sp³-hybridized carbons (Fsp3) is 0.368. The third-order valence-electron chi connectivity index (χ3n) is 4.07. The number of halogens is 1. The van der Waals surface area contributed by atoms with Gasteiger partial charge in [0.25, 0.3) is 5.91 Å². The number of ether oxygens (including phenoxy) is 2. The summed E-state index contributed by atoms with van der Waals surface area (Å²) in [5, 5.41) is 3.16. The molecule has 0 spiro atoms. The second-order valence-corrected chi connectivity index (χ2v) is 6.75. The molecule has 0 radical (unpaired) electrons. The molecule has 132 valence electrons. The number of hydrogen-bond donors (Lipinski definition) is 1. The van der Waals surface area contributed by atoms with Gasteiger partial charge in [0.15, 0.2) is 0 Å². The highest BCUT2D eigenvalue weighted by molar-refractivity contribution is 6.32. The summed E-state index contributed by atoms with van der Waals surface area (Å²) in [6.45, 7) is 5.47. The van der Waals surface area contributed by atoms with Crippen LogP contribution in [0.4, 0.5) is 5.69 Å². The van der Waals surface area contributed by atoms with Gasteiger partial charge in [-0.25, -0.2) is 4.98 Å². The van der Waals surface area contributed by atoms with E-state index in [4.69, 9.17) is 21.1 Å². The molecule has 1 saturated heterocycles. The Hall–Kier alpha value is -2.11. The van der Waals surface area contributed by atoms with Crippen molar-refractivity contribution in [1.82, 2.24) is 4.98 Å². The normalized spacial score (nSPS) is 16.9. The second-order valence-electron chi connectivity index (χ2n) is 6.35. The minimum atomic E-state index is -0.262. The van der Waals surface area contributed by atoms with E-state index in [1.807, 2.05) is 24.3 Å². The lowest BCUT2D eigenvalue weighted by atomic mass is 10.0. The van der Waals surface area contributed by atoms with E-state index in [1.54, 1.807) is 6.07 Å². The number of pyridine rings is 1. The fourth-order valence-corrected chi connectivity index (χ4v) is 2.77. The number of carbonyl (C=O) groups excluding carboxylic acids is 1. The predicted octanol–water partition coefficient (Wildman–Crippen LogP) is 4.28. The minimum absolute atomic E-state index is 0.0378. The maximum Gasteiger partial charge on any atom is 0.257 e. The van der Waals surface area contributed by atoms with Gasteiger partial charge in [0.05, 0.1) is 18.8 Å². The van der Waals surface area contributed by atoms with Gasteiger partial charge in [0.1, 0.15) is 11.1 Å². The summed E-state index contributed by atoms with van der Waals surface area (Å²) >= 11 is 6.20. The zero-order valence-electron chi connectivity index (χ0n) is 14.3. The zero-order valence-corrected chi connectivity index (χ0v) is 15.0. The van der Waals surface area contributed by atoms with Crippen molar-refractivity contribution in [2.45, 2.75) is 32.3 Å². The maximum absolute atomic E-state index is 12.4. The van der Waals surface area contributed by atoms with Crippen LogP contribution in [0.1, 0.15) is 42.1 Å². The molecule has 1 aromatic heterocycles. The first-order valence-corrected chi connectivity index (χ1v) is 8.72. The number of anilines is 1. The molecule has 5 nitrogen and oxygen atoms in total. The van der Waals surface area contributed by atoms with E-state index in [1.165, 1.54) is 11.8 Å². The molecule has 1 fully saturated rings. The highest BCUT2D eigenvalue weighted by Gasteiger charge is 2.20. The van der Waals surface area contributed by atoms with Crippen molar-refractivity contribution < 1.29 is 14.3 Å². The highest BCUT2D eigenvalue weighted by Crippen LogP contribution is 2.25. The maximum atomic E-state index is 12.4. The van der Waals surface area contributed by atoms with E-state index >= 15 is 0 Å². The number of hydrogen-bond acceptors (Lipinski definition) is 4. The Morgan fingerprint density at radius 1 is 1.36 bits per heavy atom. The van der Waals surface area contributed by atoms with Gasteiger partial charge in [0.2, 0.25) is 5.88 Å². The monoisotopic (exact) mass is 360 g/mol. The van der Waals surface area contributed by atoms with Crippen molar-refractivity contribution in [3.63, 3.8) is 0 Å². The molecule has 1 atom stereocenters. The largest absolute Gasteiger partial charge is 0.471 e. The van der Waals surface area contributed by atoms with Crippen LogP contribution in [-0.2, 0) is 4.74 Å². The van der Waals surface area contributed by atoms with Crippen molar-refractivity contribution in [2.24, 2.45) is 0 Å². The predicted molar refractivity (Wildman–Crippen MR) is 97.6 cm³/mol. The molecule has 0 bridgehead atoms. The molecule has 1 N–H and O–H groups in total. The molecule has 2 heterocycles. The van der Waals surface area contributed by atoms with Crippen LogP contribution in [-0.4, -0.2) is 30.2 Å². The average Bonchev–Trinajstić information content (AvgIpc) is 3.10. The quantitative estimate of drug-likeness (QED) is 0.864. The lowest BCUT2D eigenvalue weighted by molar-refractivity contribution is 0.102. The summed E-state index contributed by atoms with van der Waals surface area (Å²) in [4.78, 5) is 16.5. The number of aromatic nitrogens is 1. The Labute approximate surface area is 152 Å². The highest BCUT2D eigenvalue weighted by atomic mass is 35.5. The summed E-state index contributed by atoms with van der Waals surface area (Å²) in [5.41, 5.74) is 2.34. The summed E-state index contributed by atoms with van der Waals surface area (Å²) in [6, 6.07) is 9.36. The topological polar surface area (TPSA) is 60.5 Å². The van der Waals surface area contributed by atoms with E-state index in [-0.39, 0.29) is 12.0 Å². The zero-order chi connectivity index (χ0) is 17.8. The van der Waals surface area contributed by atoms with Gasteiger partial charge in [-0.2, -0.15) is 0 Å². The molecular weight excluding hydrogens is 340 g/mol. The van der Waals surface area contributed by atoms with Crippen molar-refractivity contribution in [2.75, 3.05) is 18.5 Å². The number of benzene rings is 1. The van der Waals surface area contributed by atoms with Crippen LogP contribution >= 0.6 is 11.6 Å². The van der Waals surface area contributed by atoms with Gasteiger partial charge in [-0.3, -0.25) is 4.79 Å². The molecule has 0 aliphatic carbocycles. The molecule has 25 heavy (non-hydrogen) atoms.